The second kappa shape index (κ2) is 10.1. The van der Waals surface area contributed by atoms with Crippen molar-refractivity contribution in [3.63, 3.8) is 0 Å². The lowest BCUT2D eigenvalue weighted by atomic mass is 10.1. The number of aliphatic hydroxyl groups excluding tert-OH is 2. The summed E-state index contributed by atoms with van der Waals surface area (Å²) in [6, 6.07) is 7.20. The SMILES string of the molecule is OCCCNc1nc(N[C@@H](CO)c2ccc(F)cc2)nc(Nc2cc(C3CC3)[nH]n2)c1Cl. The quantitative estimate of drug-likeness (QED) is 0.239. The number of rotatable bonds is 11. The van der Waals surface area contributed by atoms with E-state index in [1.807, 2.05) is 6.07 Å². The van der Waals surface area contributed by atoms with E-state index in [1.54, 1.807) is 12.1 Å². The first-order valence-corrected chi connectivity index (χ1v) is 10.8. The Morgan fingerprint density at radius 3 is 2.59 bits per heavy atom. The highest BCUT2D eigenvalue weighted by atomic mass is 35.5. The number of nitrogens with zero attached hydrogens (tertiary/aromatic N) is 3. The van der Waals surface area contributed by atoms with Crippen molar-refractivity contribution in [2.24, 2.45) is 0 Å². The van der Waals surface area contributed by atoms with E-state index in [0.29, 0.717) is 41.9 Å². The van der Waals surface area contributed by atoms with Crippen LogP contribution in [0.1, 0.15) is 42.5 Å². The number of anilines is 4. The van der Waals surface area contributed by atoms with E-state index in [-0.39, 0.29) is 30.0 Å². The summed E-state index contributed by atoms with van der Waals surface area (Å²) < 4.78 is 13.3. The summed E-state index contributed by atoms with van der Waals surface area (Å²) in [5.74, 6) is 1.66. The first-order chi connectivity index (χ1) is 15.6. The van der Waals surface area contributed by atoms with E-state index in [1.165, 1.54) is 12.1 Å². The van der Waals surface area contributed by atoms with Gasteiger partial charge in [0.25, 0.3) is 0 Å². The molecule has 1 atom stereocenters. The Labute approximate surface area is 189 Å². The Balaban J connectivity index is 1.59. The van der Waals surface area contributed by atoms with Crippen LogP contribution in [0.4, 0.5) is 27.8 Å². The fraction of sp³-hybridized carbons (Fsp3) is 0.381. The van der Waals surface area contributed by atoms with Crippen LogP contribution in [0, 0.1) is 5.82 Å². The molecule has 0 spiro atoms. The largest absolute Gasteiger partial charge is 0.396 e. The Morgan fingerprint density at radius 1 is 1.16 bits per heavy atom. The average molecular weight is 462 g/mol. The van der Waals surface area contributed by atoms with Crippen LogP contribution in [-0.2, 0) is 0 Å². The lowest BCUT2D eigenvalue weighted by Gasteiger charge is -2.19. The number of H-pyrrole nitrogens is 1. The van der Waals surface area contributed by atoms with Gasteiger partial charge in [0.15, 0.2) is 17.5 Å². The van der Waals surface area contributed by atoms with E-state index in [2.05, 4.69) is 36.1 Å². The number of hydrogen-bond acceptors (Lipinski definition) is 8. The highest BCUT2D eigenvalue weighted by Crippen LogP contribution is 2.40. The molecule has 32 heavy (non-hydrogen) atoms. The zero-order chi connectivity index (χ0) is 22.5. The van der Waals surface area contributed by atoms with Crippen LogP contribution in [0.25, 0.3) is 0 Å². The van der Waals surface area contributed by atoms with Crippen molar-refractivity contribution in [1.82, 2.24) is 20.2 Å². The fourth-order valence-electron chi connectivity index (χ4n) is 3.21. The maximum Gasteiger partial charge on any atom is 0.227 e. The molecule has 1 aliphatic carbocycles. The number of halogens is 2. The normalized spacial score (nSPS) is 14.2. The van der Waals surface area contributed by atoms with Crippen LogP contribution < -0.4 is 16.0 Å². The lowest BCUT2D eigenvalue weighted by molar-refractivity contribution is 0.276. The highest BCUT2D eigenvalue weighted by molar-refractivity contribution is 6.35. The topological polar surface area (TPSA) is 131 Å². The van der Waals surface area contributed by atoms with Gasteiger partial charge in [0, 0.05) is 30.8 Å². The first kappa shape index (κ1) is 22.3. The number of benzene rings is 1. The van der Waals surface area contributed by atoms with E-state index in [0.717, 1.165) is 18.5 Å². The van der Waals surface area contributed by atoms with E-state index < -0.39 is 6.04 Å². The van der Waals surface area contributed by atoms with E-state index in [9.17, 15) is 9.50 Å². The zero-order valence-corrected chi connectivity index (χ0v) is 18.0. The Morgan fingerprint density at radius 2 is 1.91 bits per heavy atom. The smallest absolute Gasteiger partial charge is 0.227 e. The minimum absolute atomic E-state index is 0.0281. The summed E-state index contributed by atoms with van der Waals surface area (Å²) in [5, 5.41) is 35.8. The molecule has 9 nitrogen and oxygen atoms in total. The van der Waals surface area contributed by atoms with Crippen molar-refractivity contribution >= 4 is 35.0 Å². The molecule has 1 saturated carbocycles. The van der Waals surface area contributed by atoms with Crippen molar-refractivity contribution in [2.75, 3.05) is 35.7 Å². The first-order valence-electron chi connectivity index (χ1n) is 10.4. The number of aliphatic hydroxyl groups is 2. The van der Waals surface area contributed by atoms with Gasteiger partial charge in [-0.15, -0.1) is 0 Å². The standard InChI is InChI=1S/C21H25ClFN7O2/c22-18-19(24-8-1-9-31)27-21(25-16(11-32)13-4-6-14(23)7-5-13)28-20(18)26-17-10-15(29-30-17)12-2-3-12/h4-7,10,12,16,31-32H,1-3,8-9,11H2,(H4,24,25,26,27,28,29,30)/t16-/m0/s1. The van der Waals surface area contributed by atoms with Crippen molar-refractivity contribution in [2.45, 2.75) is 31.2 Å². The van der Waals surface area contributed by atoms with Gasteiger partial charge in [-0.3, -0.25) is 5.10 Å². The van der Waals surface area contributed by atoms with Gasteiger partial charge in [-0.1, -0.05) is 23.7 Å². The van der Waals surface area contributed by atoms with Gasteiger partial charge in [0.05, 0.1) is 12.6 Å². The molecule has 3 aromatic rings. The molecule has 6 N–H and O–H groups in total. The van der Waals surface area contributed by atoms with Gasteiger partial charge < -0.3 is 26.2 Å². The third-order valence-corrected chi connectivity index (χ3v) is 5.46. The molecule has 4 rings (SSSR count). The predicted octanol–water partition coefficient (Wildman–Crippen LogP) is 3.55. The van der Waals surface area contributed by atoms with Gasteiger partial charge >= 0.3 is 0 Å². The Bertz CT molecular complexity index is 1040. The monoisotopic (exact) mass is 461 g/mol. The maximum atomic E-state index is 13.3. The van der Waals surface area contributed by atoms with E-state index in [4.69, 9.17) is 16.7 Å². The van der Waals surface area contributed by atoms with Crippen LogP contribution in [0.2, 0.25) is 5.02 Å². The molecular weight excluding hydrogens is 437 g/mol. The van der Waals surface area contributed by atoms with Crippen LogP contribution in [0.3, 0.4) is 0 Å². The molecule has 1 aromatic carbocycles. The Hall–Kier alpha value is -2.95. The summed E-state index contributed by atoms with van der Waals surface area (Å²) in [7, 11) is 0. The summed E-state index contributed by atoms with van der Waals surface area (Å²) in [6.45, 7) is 0.236. The predicted molar refractivity (Wildman–Crippen MR) is 121 cm³/mol. The van der Waals surface area contributed by atoms with Crippen molar-refractivity contribution in [3.8, 4) is 0 Å². The summed E-state index contributed by atoms with van der Waals surface area (Å²) in [6.07, 6.45) is 2.81. The summed E-state index contributed by atoms with van der Waals surface area (Å²) in [4.78, 5) is 8.88. The van der Waals surface area contributed by atoms with Gasteiger partial charge in [0.1, 0.15) is 10.8 Å². The second-order valence-corrected chi connectivity index (χ2v) is 7.98. The van der Waals surface area contributed by atoms with E-state index >= 15 is 0 Å². The highest BCUT2D eigenvalue weighted by Gasteiger charge is 2.26. The minimum atomic E-state index is -0.554. The van der Waals surface area contributed by atoms with Crippen molar-refractivity contribution < 1.29 is 14.6 Å². The molecular formula is C21H25ClFN7O2. The third kappa shape index (κ3) is 5.45. The van der Waals surface area contributed by atoms with Crippen LogP contribution >= 0.6 is 11.6 Å². The summed E-state index contributed by atoms with van der Waals surface area (Å²) in [5.41, 5.74) is 1.74. The Kier molecular flexibility index (Phi) is 7.03. The molecule has 11 heteroatoms. The van der Waals surface area contributed by atoms with Gasteiger partial charge in [-0.05, 0) is 37.0 Å². The third-order valence-electron chi connectivity index (χ3n) is 5.10. The van der Waals surface area contributed by atoms with Crippen LogP contribution in [0.5, 0.6) is 0 Å². The fourth-order valence-corrected chi connectivity index (χ4v) is 3.41. The zero-order valence-electron chi connectivity index (χ0n) is 17.3. The number of aromatic nitrogens is 4. The number of hydrogen-bond donors (Lipinski definition) is 6. The van der Waals surface area contributed by atoms with Crippen LogP contribution in [-0.4, -0.2) is 50.1 Å². The second-order valence-electron chi connectivity index (χ2n) is 7.60. The molecule has 0 radical (unpaired) electrons. The molecule has 0 saturated heterocycles. The molecule has 1 aliphatic rings. The molecule has 2 heterocycles. The lowest BCUT2D eigenvalue weighted by Crippen LogP contribution is -2.18. The average Bonchev–Trinajstić information content (AvgIpc) is 3.54. The van der Waals surface area contributed by atoms with Gasteiger partial charge in [-0.25, -0.2) is 4.39 Å². The minimum Gasteiger partial charge on any atom is -0.396 e. The molecule has 2 aromatic heterocycles. The van der Waals surface area contributed by atoms with Gasteiger partial charge in [0.2, 0.25) is 5.95 Å². The number of nitrogens with one attached hydrogen (secondary N) is 4. The van der Waals surface area contributed by atoms with Gasteiger partial charge in [-0.2, -0.15) is 15.1 Å². The molecule has 0 amide bonds. The molecule has 0 aliphatic heterocycles. The molecule has 0 unspecified atom stereocenters. The maximum absolute atomic E-state index is 13.3. The van der Waals surface area contributed by atoms with Crippen LogP contribution in [0.15, 0.2) is 30.3 Å². The number of aromatic amines is 1. The molecule has 170 valence electrons. The van der Waals surface area contributed by atoms with Crippen molar-refractivity contribution in [3.05, 3.63) is 52.4 Å². The summed E-state index contributed by atoms with van der Waals surface area (Å²) >= 11 is 6.53. The molecule has 0 bridgehead atoms. The van der Waals surface area contributed by atoms with Crippen molar-refractivity contribution in [1.29, 1.82) is 0 Å². The molecule has 1 fully saturated rings.